The zero-order valence-electron chi connectivity index (χ0n) is 30.6. The summed E-state index contributed by atoms with van der Waals surface area (Å²) in [6.07, 6.45) is 19.8. The SMILES string of the molecule is CC1=CC(=C2C(=C3C=C(C)C(C)(C)C(C)=C3)C(=C3C=C(C)C(C)(C)C(C)=C3)C2=C2C=C(C)C(C)(C)C(C)=C2)C=C(C)C1(C)C. The van der Waals surface area contributed by atoms with Crippen LogP contribution in [0.15, 0.2) is 138 Å². The van der Waals surface area contributed by atoms with Gasteiger partial charge < -0.3 is 0 Å². The normalized spacial score (nSPS) is 25.8. The van der Waals surface area contributed by atoms with Crippen molar-refractivity contribution in [3.05, 3.63) is 138 Å². The smallest absolute Gasteiger partial charge is 0.00651 e. The molecule has 0 radical (unpaired) electrons. The van der Waals surface area contributed by atoms with Gasteiger partial charge in [-0.25, -0.2) is 0 Å². The lowest BCUT2D eigenvalue weighted by Gasteiger charge is -2.42. The highest BCUT2D eigenvalue weighted by Gasteiger charge is 2.41. The van der Waals surface area contributed by atoms with E-state index in [2.05, 4.69) is 159 Å². The van der Waals surface area contributed by atoms with Gasteiger partial charge in [0.2, 0.25) is 0 Å². The molecule has 0 N–H and O–H groups in total. The zero-order chi connectivity index (χ0) is 32.9. The lowest BCUT2D eigenvalue weighted by atomic mass is 9.61. The van der Waals surface area contributed by atoms with Crippen molar-refractivity contribution in [3.63, 3.8) is 0 Å². The van der Waals surface area contributed by atoms with E-state index in [4.69, 9.17) is 0 Å². The van der Waals surface area contributed by atoms with E-state index in [0.717, 1.165) is 0 Å². The molecule has 0 atom stereocenters. The Morgan fingerprint density at radius 3 is 0.477 bits per heavy atom. The maximum atomic E-state index is 2.47. The minimum atomic E-state index is 0.0635. The predicted molar refractivity (Wildman–Crippen MR) is 193 cm³/mol. The number of hydrogen-bond acceptors (Lipinski definition) is 0. The fourth-order valence-electron chi connectivity index (χ4n) is 6.89. The van der Waals surface area contributed by atoms with Gasteiger partial charge in [0.15, 0.2) is 0 Å². The van der Waals surface area contributed by atoms with E-state index in [1.807, 2.05) is 0 Å². The first-order valence-electron chi connectivity index (χ1n) is 16.6. The van der Waals surface area contributed by atoms with Crippen LogP contribution in [0.25, 0.3) is 0 Å². The molecule has 5 aliphatic carbocycles. The summed E-state index contributed by atoms with van der Waals surface area (Å²) in [6, 6.07) is 0. The highest BCUT2D eigenvalue weighted by molar-refractivity contribution is 5.89. The van der Waals surface area contributed by atoms with Crippen molar-refractivity contribution in [1.82, 2.24) is 0 Å². The molecule has 0 spiro atoms. The quantitative estimate of drug-likeness (QED) is 0.266. The molecule has 1 saturated carbocycles. The van der Waals surface area contributed by atoms with E-state index in [1.165, 1.54) is 89.2 Å². The summed E-state index contributed by atoms with van der Waals surface area (Å²) in [5, 5.41) is 0. The van der Waals surface area contributed by atoms with Crippen molar-refractivity contribution < 1.29 is 0 Å². The molecule has 5 rings (SSSR count). The number of rotatable bonds is 0. The van der Waals surface area contributed by atoms with Crippen molar-refractivity contribution in [2.75, 3.05) is 0 Å². The minimum Gasteiger partial charge on any atom is -0.0630 e. The maximum Gasteiger partial charge on any atom is 0.00651 e. The molecule has 0 aromatic rings. The van der Waals surface area contributed by atoms with Gasteiger partial charge in [-0.05, 0) is 100.0 Å². The lowest BCUT2D eigenvalue weighted by Crippen LogP contribution is -2.27. The highest BCUT2D eigenvalue weighted by Crippen LogP contribution is 2.57. The molecule has 0 heteroatoms. The number of allylic oxidation sites excluding steroid dienone is 24. The van der Waals surface area contributed by atoms with E-state index in [-0.39, 0.29) is 21.7 Å². The molecule has 1 fully saturated rings. The van der Waals surface area contributed by atoms with Crippen LogP contribution in [-0.4, -0.2) is 0 Å². The molecule has 0 unspecified atom stereocenters. The van der Waals surface area contributed by atoms with E-state index >= 15 is 0 Å². The lowest BCUT2D eigenvalue weighted by molar-refractivity contribution is 0.531. The Hall–Kier alpha value is -3.12. The summed E-state index contributed by atoms with van der Waals surface area (Å²) in [4.78, 5) is 0. The fourth-order valence-corrected chi connectivity index (χ4v) is 6.89. The van der Waals surface area contributed by atoms with Crippen LogP contribution in [0.5, 0.6) is 0 Å². The van der Waals surface area contributed by atoms with Gasteiger partial charge in [0.05, 0.1) is 0 Å². The second-order valence-corrected chi connectivity index (χ2v) is 16.4. The van der Waals surface area contributed by atoms with Crippen LogP contribution >= 0.6 is 0 Å². The zero-order valence-corrected chi connectivity index (χ0v) is 30.6. The fraction of sp³-hybridized carbons (Fsp3) is 0.455. The monoisotopic (exact) mass is 584 g/mol. The maximum absolute atomic E-state index is 2.47. The van der Waals surface area contributed by atoms with E-state index < -0.39 is 0 Å². The van der Waals surface area contributed by atoms with Crippen molar-refractivity contribution >= 4 is 0 Å². The summed E-state index contributed by atoms with van der Waals surface area (Å²) in [6.45, 7) is 37.3. The van der Waals surface area contributed by atoms with Gasteiger partial charge in [-0.15, -0.1) is 0 Å². The van der Waals surface area contributed by atoms with Gasteiger partial charge in [-0.3, -0.25) is 0 Å². The average Bonchev–Trinajstić information content (AvgIpc) is 2.88. The summed E-state index contributed by atoms with van der Waals surface area (Å²) in [5.41, 5.74) is 22.6. The molecule has 0 amide bonds. The summed E-state index contributed by atoms with van der Waals surface area (Å²) < 4.78 is 0. The van der Waals surface area contributed by atoms with Crippen LogP contribution in [0.1, 0.15) is 111 Å². The Bertz CT molecular complexity index is 1390. The molecule has 5 aliphatic rings. The van der Waals surface area contributed by atoms with Crippen molar-refractivity contribution in [3.8, 4) is 0 Å². The molecule has 0 nitrogen and oxygen atoms in total. The number of hydrogen-bond donors (Lipinski definition) is 0. The van der Waals surface area contributed by atoms with Crippen molar-refractivity contribution in [2.45, 2.75) is 111 Å². The molecule has 0 aromatic heterocycles. The molecular formula is C44H56. The van der Waals surface area contributed by atoms with Crippen LogP contribution < -0.4 is 0 Å². The molecule has 0 heterocycles. The Labute approximate surface area is 269 Å². The Morgan fingerprint density at radius 1 is 0.250 bits per heavy atom. The minimum absolute atomic E-state index is 0.0635. The first-order chi connectivity index (χ1) is 20.1. The molecule has 0 aliphatic heterocycles. The van der Waals surface area contributed by atoms with Crippen molar-refractivity contribution in [2.24, 2.45) is 21.7 Å². The molecule has 0 bridgehead atoms. The second kappa shape index (κ2) is 10.2. The van der Waals surface area contributed by atoms with Crippen LogP contribution in [-0.2, 0) is 0 Å². The summed E-state index contributed by atoms with van der Waals surface area (Å²) in [7, 11) is 0. The second-order valence-electron chi connectivity index (χ2n) is 16.4. The van der Waals surface area contributed by atoms with Gasteiger partial charge in [-0.1, -0.05) is 149 Å². The molecule has 0 aromatic carbocycles. The third-order valence-corrected chi connectivity index (χ3v) is 13.0. The highest BCUT2D eigenvalue weighted by atomic mass is 14.4. The average molecular weight is 585 g/mol. The van der Waals surface area contributed by atoms with Crippen LogP contribution in [0.3, 0.4) is 0 Å². The topological polar surface area (TPSA) is 0 Å². The van der Waals surface area contributed by atoms with Gasteiger partial charge in [0, 0.05) is 21.7 Å². The Kier molecular flexibility index (Phi) is 7.48. The van der Waals surface area contributed by atoms with Crippen LogP contribution in [0.4, 0.5) is 0 Å². The van der Waals surface area contributed by atoms with Gasteiger partial charge in [0.1, 0.15) is 0 Å². The molecule has 232 valence electrons. The molecule has 0 saturated heterocycles. The standard InChI is InChI=1S/C44H56/c1-25-17-33(18-26(2)41(25,9)10)37-38(34-19-27(3)42(11,12)28(4)20-34)40(36-23-31(7)44(15,16)32(8)24-36)39(37)35-21-29(5)43(13,14)30(6)22-35/h17-24H,1-16H3. The largest absolute Gasteiger partial charge is 0.0630 e. The Balaban J connectivity index is 1.99. The summed E-state index contributed by atoms with van der Waals surface area (Å²) >= 11 is 0. The van der Waals surface area contributed by atoms with E-state index in [1.54, 1.807) is 0 Å². The van der Waals surface area contributed by atoms with Crippen LogP contribution in [0.2, 0.25) is 0 Å². The summed E-state index contributed by atoms with van der Waals surface area (Å²) in [5.74, 6) is 0. The third-order valence-electron chi connectivity index (χ3n) is 13.0. The van der Waals surface area contributed by atoms with E-state index in [9.17, 15) is 0 Å². The van der Waals surface area contributed by atoms with Gasteiger partial charge in [0.25, 0.3) is 0 Å². The predicted octanol–water partition coefficient (Wildman–Crippen LogP) is 12.9. The molecule has 44 heavy (non-hydrogen) atoms. The third kappa shape index (κ3) is 4.71. The first kappa shape index (κ1) is 32.3. The van der Waals surface area contributed by atoms with Crippen LogP contribution in [0, 0.1) is 21.7 Å². The van der Waals surface area contributed by atoms with Gasteiger partial charge in [-0.2, -0.15) is 0 Å². The van der Waals surface area contributed by atoms with Crippen molar-refractivity contribution in [1.29, 1.82) is 0 Å². The first-order valence-corrected chi connectivity index (χ1v) is 16.6. The van der Waals surface area contributed by atoms with Gasteiger partial charge >= 0.3 is 0 Å². The Morgan fingerprint density at radius 2 is 0.364 bits per heavy atom. The van der Waals surface area contributed by atoms with E-state index in [0.29, 0.717) is 0 Å². The molecular weight excluding hydrogens is 528 g/mol.